The number of ether oxygens (including phenoxy) is 3. The van der Waals surface area contributed by atoms with Gasteiger partial charge in [-0.3, -0.25) is 4.79 Å². The molecule has 2 fully saturated rings. The number of amides is 1. The molecule has 2 saturated heterocycles. The minimum atomic E-state index is -0.982. The lowest BCUT2D eigenvalue weighted by Crippen LogP contribution is -2.44. The van der Waals surface area contributed by atoms with Gasteiger partial charge in [-0.2, -0.15) is 0 Å². The van der Waals surface area contributed by atoms with Gasteiger partial charge in [0.15, 0.2) is 11.5 Å². The number of nitrogens with zero attached hydrogens (tertiary/aromatic N) is 1. The number of rotatable bonds is 7. The minimum Gasteiger partial charge on any atom is -0.493 e. The second kappa shape index (κ2) is 11.6. The smallest absolute Gasteiger partial charge is 0.232 e. The van der Waals surface area contributed by atoms with Crippen LogP contribution in [0.5, 0.6) is 11.5 Å². The molecule has 0 radical (unpaired) electrons. The normalized spacial score (nSPS) is 25.1. The summed E-state index contributed by atoms with van der Waals surface area (Å²) in [6, 6.07) is 19.1. The first kappa shape index (κ1) is 29.0. The Morgan fingerprint density at radius 2 is 1.67 bits per heavy atom. The van der Waals surface area contributed by atoms with E-state index < -0.39 is 5.60 Å². The molecule has 1 N–H and O–H groups in total. The molecule has 3 aliphatic rings. The average Bonchev–Trinajstić information content (AvgIpc) is 2.96. The molecule has 0 aliphatic carbocycles. The highest BCUT2D eigenvalue weighted by Gasteiger charge is 2.42. The SMILES string of the molecule is COc1cc2c(cc1OC(C)C)[C@H](c1ccc(Cl)cc1)N(c1ccc(C(C)(O)C3CC4CCCC(C3)O4)cc1)C(=O)C2. The monoisotopic (exact) mass is 589 g/mol. The van der Waals surface area contributed by atoms with Crippen molar-refractivity contribution >= 4 is 23.2 Å². The molecule has 0 spiro atoms. The highest BCUT2D eigenvalue weighted by molar-refractivity contribution is 6.30. The fraction of sp³-hybridized carbons (Fsp3) is 0.457. The van der Waals surface area contributed by atoms with Crippen LogP contribution in [0.2, 0.25) is 5.02 Å². The third kappa shape index (κ3) is 5.52. The Bertz CT molecular complexity index is 1420. The molecule has 7 heteroatoms. The van der Waals surface area contributed by atoms with Crippen molar-refractivity contribution in [2.45, 2.75) is 89.3 Å². The van der Waals surface area contributed by atoms with Crippen LogP contribution < -0.4 is 14.4 Å². The van der Waals surface area contributed by atoms with Crippen LogP contribution in [-0.2, 0) is 21.6 Å². The van der Waals surface area contributed by atoms with Gasteiger partial charge in [0, 0.05) is 10.7 Å². The topological polar surface area (TPSA) is 68.2 Å². The zero-order valence-corrected chi connectivity index (χ0v) is 25.6. The van der Waals surface area contributed by atoms with E-state index in [1.54, 1.807) is 7.11 Å². The first-order chi connectivity index (χ1) is 20.1. The van der Waals surface area contributed by atoms with E-state index in [9.17, 15) is 9.90 Å². The van der Waals surface area contributed by atoms with Crippen LogP contribution in [0.25, 0.3) is 0 Å². The molecule has 3 heterocycles. The lowest BCUT2D eigenvalue weighted by Gasteiger charge is -2.45. The second-order valence-electron chi connectivity index (χ2n) is 12.4. The van der Waals surface area contributed by atoms with E-state index in [0.717, 1.165) is 53.6 Å². The number of benzene rings is 3. The predicted octanol–water partition coefficient (Wildman–Crippen LogP) is 7.37. The largest absolute Gasteiger partial charge is 0.493 e. The lowest BCUT2D eigenvalue weighted by atomic mass is 9.73. The molecule has 3 unspecified atom stereocenters. The second-order valence-corrected chi connectivity index (χ2v) is 12.9. The van der Waals surface area contributed by atoms with E-state index in [1.165, 1.54) is 6.42 Å². The van der Waals surface area contributed by atoms with E-state index in [1.807, 2.05) is 86.3 Å². The van der Waals surface area contributed by atoms with Crippen LogP contribution in [0.3, 0.4) is 0 Å². The van der Waals surface area contributed by atoms with Gasteiger partial charge in [0.1, 0.15) is 0 Å². The Morgan fingerprint density at radius 3 is 2.29 bits per heavy atom. The summed E-state index contributed by atoms with van der Waals surface area (Å²) in [6.07, 6.45) is 5.77. The summed E-state index contributed by atoms with van der Waals surface area (Å²) in [5.74, 6) is 1.38. The van der Waals surface area contributed by atoms with Gasteiger partial charge < -0.3 is 24.2 Å². The van der Waals surface area contributed by atoms with Crippen molar-refractivity contribution in [2.75, 3.05) is 12.0 Å². The maximum Gasteiger partial charge on any atom is 0.232 e. The zero-order chi connectivity index (χ0) is 29.6. The average molecular weight is 590 g/mol. The molecular formula is C35H40ClNO5. The van der Waals surface area contributed by atoms with Crippen molar-refractivity contribution in [2.24, 2.45) is 5.92 Å². The van der Waals surface area contributed by atoms with Gasteiger partial charge in [0.25, 0.3) is 0 Å². The third-order valence-electron chi connectivity index (χ3n) is 9.19. The summed E-state index contributed by atoms with van der Waals surface area (Å²) in [5, 5.41) is 12.4. The van der Waals surface area contributed by atoms with E-state index >= 15 is 0 Å². The molecule has 3 aromatic carbocycles. The summed E-state index contributed by atoms with van der Waals surface area (Å²) in [5.41, 5.74) is 3.49. The Morgan fingerprint density at radius 1 is 1.00 bits per heavy atom. The highest BCUT2D eigenvalue weighted by Crippen LogP contribution is 2.46. The van der Waals surface area contributed by atoms with Crippen LogP contribution in [0.1, 0.15) is 81.2 Å². The van der Waals surface area contributed by atoms with E-state index in [-0.39, 0.29) is 42.6 Å². The molecular weight excluding hydrogens is 550 g/mol. The summed E-state index contributed by atoms with van der Waals surface area (Å²) in [4.78, 5) is 15.7. The number of aliphatic hydroxyl groups is 1. The number of carbonyl (C=O) groups is 1. The van der Waals surface area contributed by atoms with E-state index in [2.05, 4.69) is 0 Å². The third-order valence-corrected chi connectivity index (χ3v) is 9.45. The quantitative estimate of drug-likeness (QED) is 0.312. The number of carbonyl (C=O) groups excluding carboxylic acids is 1. The summed E-state index contributed by atoms with van der Waals surface area (Å²) in [6.45, 7) is 5.89. The molecule has 1 amide bonds. The number of anilines is 1. The molecule has 0 aromatic heterocycles. The Labute approximate surface area is 253 Å². The van der Waals surface area contributed by atoms with Crippen LogP contribution in [0.4, 0.5) is 5.69 Å². The predicted molar refractivity (Wildman–Crippen MR) is 164 cm³/mol. The molecule has 42 heavy (non-hydrogen) atoms. The van der Waals surface area contributed by atoms with Gasteiger partial charge in [0.2, 0.25) is 5.91 Å². The fourth-order valence-corrected chi connectivity index (χ4v) is 7.17. The van der Waals surface area contributed by atoms with Crippen LogP contribution in [0.15, 0.2) is 60.7 Å². The van der Waals surface area contributed by atoms with Crippen molar-refractivity contribution < 1.29 is 24.1 Å². The molecule has 0 saturated carbocycles. The zero-order valence-electron chi connectivity index (χ0n) is 24.8. The summed E-state index contributed by atoms with van der Waals surface area (Å²) >= 11 is 6.26. The van der Waals surface area contributed by atoms with Gasteiger partial charge in [-0.1, -0.05) is 35.9 Å². The molecule has 3 aliphatic heterocycles. The van der Waals surface area contributed by atoms with Crippen LogP contribution >= 0.6 is 11.6 Å². The van der Waals surface area contributed by atoms with Crippen LogP contribution in [0, 0.1) is 5.92 Å². The van der Waals surface area contributed by atoms with Gasteiger partial charge in [-0.15, -0.1) is 0 Å². The molecule has 3 aromatic rings. The van der Waals surface area contributed by atoms with Gasteiger partial charge in [-0.25, -0.2) is 0 Å². The van der Waals surface area contributed by atoms with Crippen LogP contribution in [-0.4, -0.2) is 36.4 Å². The summed E-state index contributed by atoms with van der Waals surface area (Å²) in [7, 11) is 1.62. The molecule has 6 nitrogen and oxygen atoms in total. The number of halogens is 1. The Hall–Kier alpha value is -3.06. The fourth-order valence-electron chi connectivity index (χ4n) is 7.04. The summed E-state index contributed by atoms with van der Waals surface area (Å²) < 4.78 is 17.9. The van der Waals surface area contributed by atoms with Crippen molar-refractivity contribution in [1.29, 1.82) is 0 Å². The molecule has 4 atom stereocenters. The maximum absolute atomic E-state index is 13.9. The number of hydrogen-bond donors (Lipinski definition) is 1. The Kier molecular flexibility index (Phi) is 7.99. The van der Waals surface area contributed by atoms with E-state index in [0.29, 0.717) is 16.5 Å². The van der Waals surface area contributed by atoms with Crippen molar-refractivity contribution in [1.82, 2.24) is 0 Å². The lowest BCUT2D eigenvalue weighted by molar-refractivity contribution is -0.144. The standard InChI is InChI=1S/C35H40ClNO5/c1-21(2)41-32-20-30-23(16-31(32)40-4)17-33(38)37(34(30)22-8-12-26(36)13-9-22)27-14-10-24(11-15-27)35(3,39)25-18-28-6-5-7-29(19-25)42-28/h8-16,20-21,25,28-29,34,39H,5-7,17-19H2,1-4H3/t25?,28?,29?,34-,35?/m0/s1. The first-order valence-corrected chi connectivity index (χ1v) is 15.4. The van der Waals surface area contributed by atoms with Gasteiger partial charge in [0.05, 0.1) is 43.5 Å². The van der Waals surface area contributed by atoms with Crippen molar-refractivity contribution in [3.63, 3.8) is 0 Å². The van der Waals surface area contributed by atoms with Crippen molar-refractivity contribution in [3.8, 4) is 11.5 Å². The molecule has 2 bridgehead atoms. The highest BCUT2D eigenvalue weighted by atomic mass is 35.5. The molecule has 222 valence electrons. The van der Waals surface area contributed by atoms with Gasteiger partial charge in [-0.05, 0) is 117 Å². The molecule has 6 rings (SSSR count). The first-order valence-electron chi connectivity index (χ1n) is 15.1. The number of methoxy groups -OCH3 is 1. The minimum absolute atomic E-state index is 0.0150. The van der Waals surface area contributed by atoms with Gasteiger partial charge >= 0.3 is 0 Å². The Balaban J connectivity index is 1.38. The van der Waals surface area contributed by atoms with Crippen molar-refractivity contribution in [3.05, 3.63) is 87.9 Å². The van der Waals surface area contributed by atoms with E-state index in [4.69, 9.17) is 25.8 Å². The number of fused-ring (bicyclic) bond motifs is 3. The number of hydrogen-bond acceptors (Lipinski definition) is 5. The maximum atomic E-state index is 13.9.